The number of hydrogen-bond acceptors (Lipinski definition) is 3. The average molecular weight is 247 g/mol. The van der Waals surface area contributed by atoms with Crippen molar-refractivity contribution >= 4 is 10.2 Å². The molecule has 0 spiro atoms. The predicted molar refractivity (Wildman–Crippen MR) is 63.0 cm³/mol. The fourth-order valence-corrected chi connectivity index (χ4v) is 3.90. The maximum absolute atomic E-state index is 12.0. The summed E-state index contributed by atoms with van der Waals surface area (Å²) in [6.07, 6.45) is 5.00. The minimum atomic E-state index is -3.30. The van der Waals surface area contributed by atoms with E-state index in [9.17, 15) is 8.42 Å². The van der Waals surface area contributed by atoms with Crippen LogP contribution in [0.15, 0.2) is 0 Å². The molecular formula is C10H21N3O2S. The Bertz CT molecular complexity index is 340. The molecule has 5 nitrogen and oxygen atoms in total. The first kappa shape index (κ1) is 12.3. The normalized spacial score (nSPS) is 31.2. The van der Waals surface area contributed by atoms with Crippen molar-refractivity contribution in [2.45, 2.75) is 44.2 Å². The van der Waals surface area contributed by atoms with Crippen molar-refractivity contribution in [1.29, 1.82) is 0 Å². The van der Waals surface area contributed by atoms with E-state index in [1.807, 2.05) is 0 Å². The Morgan fingerprint density at radius 1 is 1.31 bits per heavy atom. The molecule has 0 bridgehead atoms. The van der Waals surface area contributed by atoms with Crippen LogP contribution >= 0.6 is 0 Å². The molecular weight excluding hydrogens is 226 g/mol. The molecule has 0 amide bonds. The Kier molecular flexibility index (Phi) is 3.53. The quantitative estimate of drug-likeness (QED) is 0.720. The van der Waals surface area contributed by atoms with Gasteiger partial charge in [-0.25, -0.2) is 0 Å². The third-order valence-corrected chi connectivity index (χ3v) is 5.32. The number of nitrogens with two attached hydrogens (primary N) is 1. The number of nitrogens with zero attached hydrogens (tertiary/aromatic N) is 1. The van der Waals surface area contributed by atoms with E-state index in [2.05, 4.69) is 4.72 Å². The monoisotopic (exact) mass is 247 g/mol. The third kappa shape index (κ3) is 2.56. The summed E-state index contributed by atoms with van der Waals surface area (Å²) in [6, 6.07) is 0.256. The van der Waals surface area contributed by atoms with Gasteiger partial charge in [-0.05, 0) is 38.1 Å². The lowest BCUT2D eigenvalue weighted by atomic mass is 10.0. The van der Waals surface area contributed by atoms with Crippen molar-refractivity contribution in [3.63, 3.8) is 0 Å². The summed E-state index contributed by atoms with van der Waals surface area (Å²) in [5.41, 5.74) is 5.68. The Balaban J connectivity index is 2.01. The number of rotatable bonds is 5. The van der Waals surface area contributed by atoms with E-state index in [1.54, 1.807) is 7.05 Å². The molecule has 0 heterocycles. The summed E-state index contributed by atoms with van der Waals surface area (Å²) in [6.45, 7) is 0.577. The molecule has 2 aliphatic carbocycles. The van der Waals surface area contributed by atoms with Crippen molar-refractivity contribution < 1.29 is 8.42 Å². The van der Waals surface area contributed by atoms with Crippen LogP contribution in [0, 0.1) is 5.92 Å². The van der Waals surface area contributed by atoms with Crippen LogP contribution in [0.25, 0.3) is 0 Å². The van der Waals surface area contributed by atoms with E-state index in [4.69, 9.17) is 5.73 Å². The van der Waals surface area contributed by atoms with E-state index < -0.39 is 10.2 Å². The van der Waals surface area contributed by atoms with Gasteiger partial charge in [0.1, 0.15) is 0 Å². The van der Waals surface area contributed by atoms with Gasteiger partial charge in [0, 0.05) is 19.1 Å². The van der Waals surface area contributed by atoms with E-state index in [1.165, 1.54) is 4.31 Å². The predicted octanol–water partition coefficient (Wildman–Crippen LogP) is 0.0424. The van der Waals surface area contributed by atoms with Gasteiger partial charge in [0.2, 0.25) is 0 Å². The molecule has 2 unspecified atom stereocenters. The van der Waals surface area contributed by atoms with Crippen LogP contribution in [0.1, 0.15) is 32.1 Å². The third-order valence-electron chi connectivity index (χ3n) is 3.66. The highest BCUT2D eigenvalue weighted by Crippen LogP contribution is 2.30. The van der Waals surface area contributed by atoms with E-state index in [-0.39, 0.29) is 12.1 Å². The summed E-state index contributed by atoms with van der Waals surface area (Å²) in [4.78, 5) is 0. The molecule has 0 saturated heterocycles. The average Bonchev–Trinajstić information content (AvgIpc) is 2.91. The molecule has 2 atom stereocenters. The lowest BCUT2D eigenvalue weighted by molar-refractivity contribution is 0.300. The van der Waals surface area contributed by atoms with Crippen LogP contribution in [0.3, 0.4) is 0 Å². The topological polar surface area (TPSA) is 75.4 Å². The van der Waals surface area contributed by atoms with Crippen molar-refractivity contribution in [3.8, 4) is 0 Å². The summed E-state index contributed by atoms with van der Waals surface area (Å²) >= 11 is 0. The second kappa shape index (κ2) is 4.60. The van der Waals surface area contributed by atoms with Crippen LogP contribution in [0.5, 0.6) is 0 Å². The van der Waals surface area contributed by atoms with E-state index in [0.717, 1.165) is 32.1 Å². The van der Waals surface area contributed by atoms with Crippen LogP contribution < -0.4 is 10.5 Å². The smallest absolute Gasteiger partial charge is 0.279 e. The molecule has 16 heavy (non-hydrogen) atoms. The first-order valence-electron chi connectivity index (χ1n) is 6.00. The molecule has 0 aliphatic heterocycles. The van der Waals surface area contributed by atoms with Gasteiger partial charge in [0.15, 0.2) is 0 Å². The van der Waals surface area contributed by atoms with E-state index >= 15 is 0 Å². The minimum Gasteiger partial charge on any atom is -0.330 e. The molecule has 2 fully saturated rings. The zero-order valence-corrected chi connectivity index (χ0v) is 10.5. The maximum atomic E-state index is 12.0. The van der Waals surface area contributed by atoms with Crippen molar-refractivity contribution in [1.82, 2.24) is 9.03 Å². The van der Waals surface area contributed by atoms with Gasteiger partial charge in [-0.15, -0.1) is 0 Å². The van der Waals surface area contributed by atoms with E-state index in [0.29, 0.717) is 12.5 Å². The molecule has 2 saturated carbocycles. The van der Waals surface area contributed by atoms with Crippen LogP contribution in [-0.4, -0.2) is 38.4 Å². The van der Waals surface area contributed by atoms with Gasteiger partial charge in [0.05, 0.1) is 0 Å². The van der Waals surface area contributed by atoms with Crippen LogP contribution in [0.4, 0.5) is 0 Å². The number of hydrogen-bond donors (Lipinski definition) is 2. The SMILES string of the molecule is CN(C1CCCC1CN)S(=O)(=O)NC1CC1. The molecule has 3 N–H and O–H groups in total. The summed E-state index contributed by atoms with van der Waals surface area (Å²) in [5.74, 6) is 0.320. The van der Waals surface area contributed by atoms with Gasteiger partial charge < -0.3 is 5.73 Å². The molecule has 94 valence electrons. The Hall–Kier alpha value is -0.170. The molecule has 2 rings (SSSR count). The number of nitrogens with one attached hydrogen (secondary N) is 1. The van der Waals surface area contributed by atoms with Crippen molar-refractivity contribution in [2.75, 3.05) is 13.6 Å². The largest absolute Gasteiger partial charge is 0.330 e. The Morgan fingerprint density at radius 2 is 2.00 bits per heavy atom. The molecule has 6 heteroatoms. The lowest BCUT2D eigenvalue weighted by Crippen LogP contribution is -2.47. The fraction of sp³-hybridized carbons (Fsp3) is 1.00. The van der Waals surface area contributed by atoms with Crippen molar-refractivity contribution in [3.05, 3.63) is 0 Å². The Labute approximate surface area is 97.6 Å². The van der Waals surface area contributed by atoms with Gasteiger partial charge >= 0.3 is 0 Å². The molecule has 0 aromatic heterocycles. The molecule has 0 radical (unpaired) electrons. The standard InChI is InChI=1S/C10H21N3O2S/c1-13(10-4-2-3-8(10)7-11)16(14,15)12-9-5-6-9/h8-10,12H,2-7,11H2,1H3. The van der Waals surface area contributed by atoms with Gasteiger partial charge in [-0.2, -0.15) is 17.4 Å². The lowest BCUT2D eigenvalue weighted by Gasteiger charge is -2.28. The maximum Gasteiger partial charge on any atom is 0.279 e. The summed E-state index contributed by atoms with van der Waals surface area (Å²) in [5, 5.41) is 0. The van der Waals surface area contributed by atoms with Gasteiger partial charge in [0.25, 0.3) is 10.2 Å². The zero-order valence-electron chi connectivity index (χ0n) is 9.72. The molecule has 2 aliphatic rings. The molecule has 0 aromatic carbocycles. The van der Waals surface area contributed by atoms with Gasteiger partial charge in [-0.3, -0.25) is 0 Å². The summed E-state index contributed by atoms with van der Waals surface area (Å²) in [7, 11) is -1.63. The first-order valence-corrected chi connectivity index (χ1v) is 7.44. The minimum absolute atomic E-state index is 0.0845. The van der Waals surface area contributed by atoms with Gasteiger partial charge in [-0.1, -0.05) is 6.42 Å². The summed E-state index contributed by atoms with van der Waals surface area (Å²) < 4.78 is 28.2. The fourth-order valence-electron chi connectivity index (χ4n) is 2.44. The molecule has 0 aromatic rings. The van der Waals surface area contributed by atoms with Crippen LogP contribution in [-0.2, 0) is 10.2 Å². The first-order chi connectivity index (χ1) is 7.54. The van der Waals surface area contributed by atoms with Crippen molar-refractivity contribution in [2.24, 2.45) is 11.7 Å². The second-order valence-corrected chi connectivity index (χ2v) is 6.67. The zero-order chi connectivity index (χ0) is 11.8. The highest BCUT2D eigenvalue weighted by molar-refractivity contribution is 7.87. The highest BCUT2D eigenvalue weighted by atomic mass is 32.2. The highest BCUT2D eigenvalue weighted by Gasteiger charge is 2.37. The van der Waals surface area contributed by atoms with Crippen LogP contribution in [0.2, 0.25) is 0 Å². The Morgan fingerprint density at radius 3 is 2.56 bits per heavy atom. The second-order valence-electron chi connectivity index (χ2n) is 4.91.